The van der Waals surface area contributed by atoms with Crippen molar-refractivity contribution < 1.29 is 14.5 Å². The van der Waals surface area contributed by atoms with Gasteiger partial charge < -0.3 is 4.74 Å². The van der Waals surface area contributed by atoms with Gasteiger partial charge in [0.15, 0.2) is 0 Å². The lowest BCUT2D eigenvalue weighted by Crippen LogP contribution is -2.41. The molecule has 1 aliphatic rings. The van der Waals surface area contributed by atoms with Crippen molar-refractivity contribution in [3.8, 4) is 0 Å². The first kappa shape index (κ1) is 17.1. The van der Waals surface area contributed by atoms with Crippen molar-refractivity contribution in [1.82, 2.24) is 5.01 Å². The Kier molecular flexibility index (Phi) is 4.30. The van der Waals surface area contributed by atoms with E-state index in [1.807, 2.05) is 24.3 Å². The molecule has 0 bridgehead atoms. The number of benzene rings is 2. The van der Waals surface area contributed by atoms with Crippen LogP contribution in [0.5, 0.6) is 0 Å². The summed E-state index contributed by atoms with van der Waals surface area (Å²) in [4.78, 5) is 22.6. The number of halogens is 1. The van der Waals surface area contributed by atoms with E-state index in [0.29, 0.717) is 5.56 Å². The van der Waals surface area contributed by atoms with Crippen LogP contribution in [0.15, 0.2) is 58.1 Å². The minimum absolute atomic E-state index is 0.0737. The van der Waals surface area contributed by atoms with Gasteiger partial charge in [0.25, 0.3) is 5.69 Å². The fourth-order valence-electron chi connectivity index (χ4n) is 2.62. The number of nitrogens with zero attached hydrogens (tertiary/aromatic N) is 3. The van der Waals surface area contributed by atoms with E-state index in [1.54, 1.807) is 19.1 Å². The Morgan fingerprint density at radius 3 is 2.56 bits per heavy atom. The lowest BCUT2D eigenvalue weighted by atomic mass is 10.0. The van der Waals surface area contributed by atoms with Crippen LogP contribution in [0.3, 0.4) is 0 Å². The smallest absolute Gasteiger partial charge is 0.270 e. The maximum absolute atomic E-state index is 12.1. The summed E-state index contributed by atoms with van der Waals surface area (Å²) in [6.45, 7) is 3.12. The topological polar surface area (TPSA) is 85.0 Å². The van der Waals surface area contributed by atoms with E-state index in [1.165, 1.54) is 24.1 Å². The molecule has 0 N–H and O–H groups in total. The number of hydrogen-bond acceptors (Lipinski definition) is 5. The third-order valence-electron chi connectivity index (χ3n) is 3.87. The Balaban J connectivity index is 2.03. The van der Waals surface area contributed by atoms with Crippen LogP contribution >= 0.6 is 15.9 Å². The van der Waals surface area contributed by atoms with Gasteiger partial charge in [0.05, 0.1) is 4.92 Å². The number of hydrazone groups is 1. The van der Waals surface area contributed by atoms with Crippen molar-refractivity contribution >= 4 is 33.4 Å². The molecule has 1 atom stereocenters. The molecule has 0 saturated carbocycles. The maximum Gasteiger partial charge on any atom is 0.270 e. The lowest BCUT2D eigenvalue weighted by molar-refractivity contribution is -0.384. The van der Waals surface area contributed by atoms with Crippen molar-refractivity contribution in [2.24, 2.45) is 5.10 Å². The number of non-ortho nitro benzene ring substituents is 1. The largest absolute Gasteiger partial charge is 0.443 e. The van der Waals surface area contributed by atoms with E-state index in [-0.39, 0.29) is 17.5 Å². The van der Waals surface area contributed by atoms with Gasteiger partial charge in [0, 0.05) is 41.6 Å². The van der Waals surface area contributed by atoms with Crippen LogP contribution in [-0.4, -0.2) is 21.7 Å². The number of nitro benzene ring substituents is 1. The zero-order valence-electron chi connectivity index (χ0n) is 13.5. The average molecular weight is 404 g/mol. The van der Waals surface area contributed by atoms with E-state index in [9.17, 15) is 14.9 Å². The van der Waals surface area contributed by atoms with Crippen LogP contribution in [0.1, 0.15) is 25.0 Å². The van der Waals surface area contributed by atoms with Crippen molar-refractivity contribution in [3.63, 3.8) is 0 Å². The molecule has 0 aliphatic carbocycles. The molecule has 1 heterocycles. The van der Waals surface area contributed by atoms with Gasteiger partial charge in [-0.05, 0) is 18.2 Å². The standard InChI is InChI=1S/C17H14BrN3O4/c1-11(22)20-17(2,13-6-8-14(18)9-7-13)25-16(19-20)12-4-3-5-15(10-12)21(23)24/h3-10H,1-2H3/t17-/m1/s1. The van der Waals surface area contributed by atoms with Crippen molar-refractivity contribution in [2.45, 2.75) is 19.6 Å². The Hall–Kier alpha value is -2.74. The van der Waals surface area contributed by atoms with Crippen molar-refractivity contribution in [1.29, 1.82) is 0 Å². The van der Waals surface area contributed by atoms with Crippen LogP contribution in [0.4, 0.5) is 5.69 Å². The van der Waals surface area contributed by atoms with Gasteiger partial charge in [0.1, 0.15) is 0 Å². The van der Waals surface area contributed by atoms with Crippen LogP contribution < -0.4 is 0 Å². The molecule has 0 fully saturated rings. The van der Waals surface area contributed by atoms with Gasteiger partial charge in [-0.25, -0.2) is 0 Å². The normalized spacial score (nSPS) is 19.3. The fraction of sp³-hybridized carbons (Fsp3) is 0.176. The van der Waals surface area contributed by atoms with Gasteiger partial charge in [-0.1, -0.05) is 34.1 Å². The molecule has 0 aromatic heterocycles. The van der Waals surface area contributed by atoms with E-state index < -0.39 is 10.6 Å². The van der Waals surface area contributed by atoms with Crippen LogP contribution in [0, 0.1) is 10.1 Å². The summed E-state index contributed by atoms with van der Waals surface area (Å²) >= 11 is 3.37. The number of hydrogen-bond donors (Lipinski definition) is 0. The van der Waals surface area contributed by atoms with Crippen molar-refractivity contribution in [3.05, 3.63) is 74.2 Å². The summed E-state index contributed by atoms with van der Waals surface area (Å²) in [5, 5.41) is 16.5. The second-order valence-electron chi connectivity index (χ2n) is 5.64. The molecule has 128 valence electrons. The predicted octanol–water partition coefficient (Wildman–Crippen LogP) is 3.77. The molecule has 0 unspecified atom stereocenters. The van der Waals surface area contributed by atoms with Crippen LogP contribution in [-0.2, 0) is 15.3 Å². The van der Waals surface area contributed by atoms with Crippen LogP contribution in [0.2, 0.25) is 0 Å². The molecule has 0 saturated heterocycles. The highest BCUT2D eigenvalue weighted by Gasteiger charge is 2.45. The van der Waals surface area contributed by atoms with Gasteiger partial charge in [-0.2, -0.15) is 5.01 Å². The average Bonchev–Trinajstić information content (AvgIpc) is 2.95. The van der Waals surface area contributed by atoms with E-state index in [4.69, 9.17) is 4.74 Å². The third-order valence-corrected chi connectivity index (χ3v) is 4.40. The number of nitro groups is 1. The van der Waals surface area contributed by atoms with E-state index in [2.05, 4.69) is 21.0 Å². The second kappa shape index (κ2) is 6.29. The zero-order valence-corrected chi connectivity index (χ0v) is 15.1. The summed E-state index contributed by atoms with van der Waals surface area (Å²) in [5.74, 6) is -0.143. The zero-order chi connectivity index (χ0) is 18.2. The molecule has 0 spiro atoms. The number of ether oxygens (including phenoxy) is 1. The molecule has 2 aromatic carbocycles. The predicted molar refractivity (Wildman–Crippen MR) is 94.7 cm³/mol. The Bertz CT molecular complexity index is 882. The Labute approximate surface area is 152 Å². The Morgan fingerprint density at radius 1 is 1.28 bits per heavy atom. The quantitative estimate of drug-likeness (QED) is 0.576. The summed E-state index contributed by atoms with van der Waals surface area (Å²) in [6.07, 6.45) is 0. The fourth-order valence-corrected chi connectivity index (χ4v) is 2.88. The third kappa shape index (κ3) is 3.12. The molecule has 0 radical (unpaired) electrons. The van der Waals surface area contributed by atoms with E-state index >= 15 is 0 Å². The number of rotatable bonds is 3. The first-order valence-electron chi connectivity index (χ1n) is 7.40. The molecule has 8 heteroatoms. The lowest BCUT2D eigenvalue weighted by Gasteiger charge is -2.31. The molecular weight excluding hydrogens is 390 g/mol. The SMILES string of the molecule is CC(=O)N1N=C(c2cccc([N+](=O)[O-])c2)O[C@]1(C)c1ccc(Br)cc1. The summed E-state index contributed by atoms with van der Waals surface area (Å²) in [6, 6.07) is 13.3. The second-order valence-corrected chi connectivity index (χ2v) is 6.55. The van der Waals surface area contributed by atoms with Gasteiger partial charge >= 0.3 is 0 Å². The van der Waals surface area contributed by atoms with Crippen molar-refractivity contribution in [2.75, 3.05) is 0 Å². The highest BCUT2D eigenvalue weighted by atomic mass is 79.9. The van der Waals surface area contributed by atoms with Gasteiger partial charge in [0.2, 0.25) is 17.5 Å². The molecule has 3 rings (SSSR count). The molecule has 1 amide bonds. The molecular formula is C17H14BrN3O4. The molecule has 2 aromatic rings. The minimum Gasteiger partial charge on any atom is -0.443 e. The molecule has 7 nitrogen and oxygen atoms in total. The molecule has 25 heavy (non-hydrogen) atoms. The Morgan fingerprint density at radius 2 is 1.96 bits per heavy atom. The monoisotopic (exact) mass is 403 g/mol. The first-order chi connectivity index (χ1) is 11.8. The van der Waals surface area contributed by atoms with E-state index in [0.717, 1.165) is 10.0 Å². The maximum atomic E-state index is 12.1. The highest BCUT2D eigenvalue weighted by Crippen LogP contribution is 2.37. The van der Waals surface area contributed by atoms with Gasteiger partial charge in [-0.3, -0.25) is 14.9 Å². The summed E-state index contributed by atoms with van der Waals surface area (Å²) < 4.78 is 6.88. The molecule has 1 aliphatic heterocycles. The highest BCUT2D eigenvalue weighted by molar-refractivity contribution is 9.10. The number of amides is 1. The number of carbonyl (C=O) groups is 1. The first-order valence-corrected chi connectivity index (χ1v) is 8.20. The summed E-state index contributed by atoms with van der Waals surface area (Å²) in [7, 11) is 0. The van der Waals surface area contributed by atoms with Crippen LogP contribution in [0.25, 0.3) is 0 Å². The van der Waals surface area contributed by atoms with Gasteiger partial charge in [-0.15, -0.1) is 5.10 Å². The minimum atomic E-state index is -1.13. The summed E-state index contributed by atoms with van der Waals surface area (Å²) in [5.41, 5.74) is -0.0428. The number of carbonyl (C=O) groups excluding carboxylic acids is 1.